The highest BCUT2D eigenvalue weighted by molar-refractivity contribution is 5.74. The average Bonchev–Trinajstić information content (AvgIpc) is 2.58. The predicted octanol–water partition coefficient (Wildman–Crippen LogP) is 3.58. The number of para-hydroxylation sites is 1. The highest BCUT2D eigenvalue weighted by Gasteiger charge is 2.09. The van der Waals surface area contributed by atoms with Gasteiger partial charge in [-0.3, -0.25) is 10.1 Å². The molecule has 0 radical (unpaired) electrons. The zero-order chi connectivity index (χ0) is 16.7. The lowest BCUT2D eigenvalue weighted by Gasteiger charge is -2.21. The van der Waals surface area contributed by atoms with Crippen molar-refractivity contribution >= 4 is 23.5 Å². The molecule has 23 heavy (non-hydrogen) atoms. The van der Waals surface area contributed by atoms with Crippen LogP contribution in [-0.2, 0) is 0 Å². The number of hydrogen-bond donors (Lipinski definition) is 1. The zero-order valence-corrected chi connectivity index (χ0v) is 13.1. The van der Waals surface area contributed by atoms with Crippen LogP contribution in [-0.4, -0.2) is 29.7 Å². The van der Waals surface area contributed by atoms with Crippen LogP contribution in [0.4, 0.5) is 11.4 Å². The highest BCUT2D eigenvalue weighted by Crippen LogP contribution is 2.21. The first-order valence-corrected chi connectivity index (χ1v) is 7.53. The Hall–Kier alpha value is -2.66. The minimum atomic E-state index is -0.378. The van der Waals surface area contributed by atoms with E-state index in [-0.39, 0.29) is 17.2 Å². The first kappa shape index (κ1) is 16.7. The number of nitrogens with zero attached hydrogens (tertiary/aromatic N) is 2. The topological polar surface area (TPSA) is 66.6 Å². The second-order valence-corrected chi connectivity index (χ2v) is 5.04. The van der Waals surface area contributed by atoms with Crippen LogP contribution in [0, 0.1) is 10.1 Å². The van der Waals surface area contributed by atoms with Gasteiger partial charge in [-0.05, 0) is 36.8 Å². The van der Waals surface area contributed by atoms with Gasteiger partial charge in [0.15, 0.2) is 0 Å². The summed E-state index contributed by atoms with van der Waals surface area (Å²) in [6.45, 7) is 3.58. The number of nitro groups is 1. The van der Waals surface area contributed by atoms with Crippen molar-refractivity contribution in [3.63, 3.8) is 0 Å². The summed E-state index contributed by atoms with van der Waals surface area (Å²) in [6.07, 6.45) is 3.60. The first-order valence-electron chi connectivity index (χ1n) is 7.53. The minimum Gasteiger partial charge on any atom is -0.395 e. The van der Waals surface area contributed by atoms with Crippen LogP contribution >= 0.6 is 0 Å². The van der Waals surface area contributed by atoms with Gasteiger partial charge < -0.3 is 10.0 Å². The molecule has 0 aliphatic carbocycles. The van der Waals surface area contributed by atoms with E-state index in [9.17, 15) is 10.1 Å². The molecule has 0 aliphatic rings. The number of rotatable bonds is 7. The van der Waals surface area contributed by atoms with Crippen LogP contribution in [0.2, 0.25) is 0 Å². The Morgan fingerprint density at radius 1 is 1.13 bits per heavy atom. The molecule has 2 aromatic carbocycles. The Labute approximate surface area is 135 Å². The van der Waals surface area contributed by atoms with Crippen molar-refractivity contribution in [2.75, 3.05) is 24.6 Å². The van der Waals surface area contributed by atoms with Crippen molar-refractivity contribution < 1.29 is 10.0 Å². The summed E-state index contributed by atoms with van der Waals surface area (Å²) >= 11 is 0. The van der Waals surface area contributed by atoms with Gasteiger partial charge in [0.05, 0.1) is 17.1 Å². The lowest BCUT2D eigenvalue weighted by Crippen LogP contribution is -2.25. The zero-order valence-electron chi connectivity index (χ0n) is 13.1. The maximum Gasteiger partial charge on any atom is 0.276 e. The number of likely N-dealkylation sites (N-methyl/N-ethyl adjacent to an activating group) is 1. The second-order valence-electron chi connectivity index (χ2n) is 5.04. The third-order valence-electron chi connectivity index (χ3n) is 3.60. The monoisotopic (exact) mass is 312 g/mol. The van der Waals surface area contributed by atoms with Crippen molar-refractivity contribution in [3.05, 3.63) is 69.8 Å². The molecule has 0 fully saturated rings. The normalized spacial score (nSPS) is 10.9. The van der Waals surface area contributed by atoms with Crippen molar-refractivity contribution in [2.45, 2.75) is 6.92 Å². The van der Waals surface area contributed by atoms with Crippen LogP contribution < -0.4 is 4.90 Å². The lowest BCUT2D eigenvalue weighted by molar-refractivity contribution is -0.385. The Balaban J connectivity index is 2.16. The molecule has 1 N–H and O–H groups in total. The van der Waals surface area contributed by atoms with E-state index >= 15 is 0 Å². The molecule has 0 aromatic heterocycles. The average molecular weight is 312 g/mol. The van der Waals surface area contributed by atoms with Crippen LogP contribution in [0.1, 0.15) is 18.1 Å². The van der Waals surface area contributed by atoms with E-state index in [2.05, 4.69) is 4.90 Å². The summed E-state index contributed by atoms with van der Waals surface area (Å²) in [6, 6.07) is 14.5. The molecule has 0 aliphatic heterocycles. The van der Waals surface area contributed by atoms with Gasteiger partial charge in [-0.25, -0.2) is 0 Å². The van der Waals surface area contributed by atoms with E-state index < -0.39 is 0 Å². The van der Waals surface area contributed by atoms with Crippen LogP contribution in [0.25, 0.3) is 12.2 Å². The molecule has 2 rings (SSSR count). The molecule has 5 heteroatoms. The molecule has 0 saturated heterocycles. The Morgan fingerprint density at radius 2 is 1.83 bits per heavy atom. The fourth-order valence-electron chi connectivity index (χ4n) is 2.37. The molecule has 0 atom stereocenters. The van der Waals surface area contributed by atoms with Crippen molar-refractivity contribution in [1.29, 1.82) is 0 Å². The number of anilines is 1. The van der Waals surface area contributed by atoms with Crippen LogP contribution in [0.3, 0.4) is 0 Å². The summed E-state index contributed by atoms with van der Waals surface area (Å²) in [5.41, 5.74) is 2.69. The summed E-state index contributed by atoms with van der Waals surface area (Å²) in [5, 5.41) is 20.0. The highest BCUT2D eigenvalue weighted by atomic mass is 16.6. The summed E-state index contributed by atoms with van der Waals surface area (Å²) in [4.78, 5) is 12.7. The van der Waals surface area contributed by atoms with Gasteiger partial charge in [0, 0.05) is 24.8 Å². The predicted molar refractivity (Wildman–Crippen MR) is 93.4 cm³/mol. The molecule has 0 bridgehead atoms. The molecule has 5 nitrogen and oxygen atoms in total. The smallest absolute Gasteiger partial charge is 0.276 e. The molecule has 0 heterocycles. The van der Waals surface area contributed by atoms with Gasteiger partial charge in [-0.2, -0.15) is 0 Å². The molecule has 0 saturated carbocycles. The van der Waals surface area contributed by atoms with E-state index in [1.165, 1.54) is 6.07 Å². The summed E-state index contributed by atoms with van der Waals surface area (Å²) < 4.78 is 0. The summed E-state index contributed by atoms with van der Waals surface area (Å²) in [5.74, 6) is 0. The largest absolute Gasteiger partial charge is 0.395 e. The van der Waals surface area contributed by atoms with E-state index in [4.69, 9.17) is 5.11 Å². The van der Waals surface area contributed by atoms with Crippen molar-refractivity contribution in [2.24, 2.45) is 0 Å². The van der Waals surface area contributed by atoms with E-state index in [1.807, 2.05) is 37.3 Å². The van der Waals surface area contributed by atoms with Gasteiger partial charge >= 0.3 is 0 Å². The fourth-order valence-corrected chi connectivity index (χ4v) is 2.37. The SMILES string of the molecule is CCN(CCO)c1ccc(C=Cc2ccccc2[N+](=O)[O-])cc1. The van der Waals surface area contributed by atoms with Crippen LogP contribution in [0.5, 0.6) is 0 Å². The quantitative estimate of drug-likeness (QED) is 0.482. The van der Waals surface area contributed by atoms with E-state index in [1.54, 1.807) is 24.3 Å². The number of benzene rings is 2. The minimum absolute atomic E-state index is 0.0977. The number of nitro benzene ring substituents is 1. The fraction of sp³-hybridized carbons (Fsp3) is 0.222. The standard InChI is InChI=1S/C18H20N2O3/c1-2-19(13-14-21)17-11-8-15(9-12-17)7-10-16-5-3-4-6-18(16)20(22)23/h3-12,21H,2,13-14H2,1H3. The van der Waals surface area contributed by atoms with E-state index in [0.29, 0.717) is 12.1 Å². The van der Waals surface area contributed by atoms with Gasteiger partial charge in [0.25, 0.3) is 5.69 Å². The Morgan fingerprint density at radius 3 is 2.43 bits per heavy atom. The van der Waals surface area contributed by atoms with Gasteiger partial charge in [0.2, 0.25) is 0 Å². The molecule has 0 unspecified atom stereocenters. The molecular weight excluding hydrogens is 292 g/mol. The van der Waals surface area contributed by atoms with Gasteiger partial charge in [-0.15, -0.1) is 0 Å². The Kier molecular flexibility index (Phi) is 5.88. The summed E-state index contributed by atoms with van der Waals surface area (Å²) in [7, 11) is 0. The van der Waals surface area contributed by atoms with Gasteiger partial charge in [-0.1, -0.05) is 30.3 Å². The molecule has 0 amide bonds. The van der Waals surface area contributed by atoms with Crippen LogP contribution in [0.15, 0.2) is 48.5 Å². The third-order valence-corrected chi connectivity index (χ3v) is 3.60. The van der Waals surface area contributed by atoms with Gasteiger partial charge in [0.1, 0.15) is 0 Å². The first-order chi connectivity index (χ1) is 11.2. The maximum atomic E-state index is 11.0. The maximum absolute atomic E-state index is 11.0. The molecule has 120 valence electrons. The number of aliphatic hydroxyl groups excluding tert-OH is 1. The number of aliphatic hydroxyl groups is 1. The number of hydrogen-bond acceptors (Lipinski definition) is 4. The van der Waals surface area contributed by atoms with Crippen molar-refractivity contribution in [1.82, 2.24) is 0 Å². The third kappa shape index (κ3) is 4.40. The molecular formula is C18H20N2O3. The molecule has 2 aromatic rings. The lowest BCUT2D eigenvalue weighted by atomic mass is 10.1. The second kappa shape index (κ2) is 8.10. The van der Waals surface area contributed by atoms with E-state index in [0.717, 1.165) is 17.8 Å². The molecule has 0 spiro atoms. The van der Waals surface area contributed by atoms with Crippen molar-refractivity contribution in [3.8, 4) is 0 Å². The Bertz CT molecular complexity index is 681.